The molecule has 41 heavy (non-hydrogen) atoms. The van der Waals surface area contributed by atoms with Gasteiger partial charge in [-0.05, 0) is 78.8 Å². The number of thiophene rings is 1. The summed E-state index contributed by atoms with van der Waals surface area (Å²) in [5, 5.41) is 8.35. The third-order valence-electron chi connectivity index (χ3n) is 7.34. The van der Waals surface area contributed by atoms with Crippen LogP contribution < -0.4 is 10.6 Å². The highest BCUT2D eigenvalue weighted by Gasteiger charge is 2.28. The molecule has 1 aromatic heterocycles. The summed E-state index contributed by atoms with van der Waals surface area (Å²) in [7, 11) is 1.39. The normalized spacial score (nSPS) is 13.9. The van der Waals surface area contributed by atoms with E-state index < -0.39 is 5.97 Å². The molecule has 0 aliphatic heterocycles. The molecule has 0 spiro atoms. The zero-order valence-corrected chi connectivity index (χ0v) is 25.0. The van der Waals surface area contributed by atoms with Gasteiger partial charge in [0.05, 0.1) is 17.9 Å². The molecule has 8 heteroatoms. The maximum atomic E-state index is 13.5. The first-order chi connectivity index (χ1) is 20.0. The Hall–Kier alpha value is -3.62. The van der Waals surface area contributed by atoms with E-state index in [1.807, 2.05) is 73.7 Å². The summed E-state index contributed by atoms with van der Waals surface area (Å²) in [6, 6.07) is 21.1. The molecular weight excluding hydrogens is 553 g/mol. The van der Waals surface area contributed by atoms with Crippen molar-refractivity contribution in [3.8, 4) is 0 Å². The lowest BCUT2D eigenvalue weighted by molar-refractivity contribution is -0.115. The van der Waals surface area contributed by atoms with E-state index in [2.05, 4.69) is 10.6 Å². The van der Waals surface area contributed by atoms with Crippen molar-refractivity contribution >= 4 is 62.3 Å². The fourth-order valence-corrected chi connectivity index (χ4v) is 7.48. The van der Waals surface area contributed by atoms with Crippen LogP contribution in [-0.4, -0.2) is 30.1 Å². The Labute approximate surface area is 248 Å². The highest BCUT2D eigenvalue weighted by Crippen LogP contribution is 2.38. The van der Waals surface area contributed by atoms with E-state index in [1.165, 1.54) is 41.5 Å². The number of rotatable bonds is 8. The van der Waals surface area contributed by atoms with Gasteiger partial charge in [0.15, 0.2) is 0 Å². The smallest absolute Gasteiger partial charge is 0.341 e. The van der Waals surface area contributed by atoms with Crippen molar-refractivity contribution in [2.45, 2.75) is 62.0 Å². The molecule has 212 valence electrons. The predicted molar refractivity (Wildman–Crippen MR) is 168 cm³/mol. The van der Waals surface area contributed by atoms with Crippen LogP contribution in [0.25, 0.3) is 10.8 Å². The van der Waals surface area contributed by atoms with Crippen molar-refractivity contribution in [1.29, 1.82) is 0 Å². The molecule has 1 aliphatic carbocycles. The fraction of sp³-hybridized carbons (Fsp3) is 0.303. The van der Waals surface area contributed by atoms with Gasteiger partial charge in [0, 0.05) is 21.0 Å². The Morgan fingerprint density at radius 1 is 0.902 bits per heavy atom. The number of benzene rings is 3. The summed E-state index contributed by atoms with van der Waals surface area (Å²) in [5.41, 5.74) is 2.79. The highest BCUT2D eigenvalue weighted by molar-refractivity contribution is 8.00. The largest absolute Gasteiger partial charge is 0.465 e. The summed E-state index contributed by atoms with van der Waals surface area (Å²) in [6.07, 6.45) is 6.80. The number of nitrogens with one attached hydrogen (secondary N) is 2. The van der Waals surface area contributed by atoms with Crippen molar-refractivity contribution in [1.82, 2.24) is 0 Å². The summed E-state index contributed by atoms with van der Waals surface area (Å²) in [5.74, 6) is -0.734. The zero-order chi connectivity index (χ0) is 28.8. The highest BCUT2D eigenvalue weighted by atomic mass is 32.2. The lowest BCUT2D eigenvalue weighted by Crippen LogP contribution is -2.25. The summed E-state index contributed by atoms with van der Waals surface area (Å²) < 4.78 is 5.11. The third kappa shape index (κ3) is 6.82. The number of thioether (sulfide) groups is 1. The first-order valence-electron chi connectivity index (χ1n) is 14.1. The van der Waals surface area contributed by atoms with Crippen molar-refractivity contribution in [3.63, 3.8) is 0 Å². The third-order valence-corrected chi connectivity index (χ3v) is 9.91. The topological polar surface area (TPSA) is 84.5 Å². The second-order valence-corrected chi connectivity index (χ2v) is 12.5. The van der Waals surface area contributed by atoms with Crippen molar-refractivity contribution in [3.05, 3.63) is 88.3 Å². The SMILES string of the molecule is CCC(Sc1cccc(NC(=O)c2ccc3ccccc3c2)c1)C(=O)Nc1sc2c(c1C(=O)OC)CCCCCC2. The molecule has 1 heterocycles. The van der Waals surface area contributed by atoms with Crippen LogP contribution in [-0.2, 0) is 22.4 Å². The van der Waals surface area contributed by atoms with E-state index in [1.54, 1.807) is 0 Å². The molecule has 2 amide bonds. The Kier molecular flexibility index (Phi) is 9.42. The first kappa shape index (κ1) is 28.9. The number of hydrogen-bond acceptors (Lipinski definition) is 6. The van der Waals surface area contributed by atoms with Crippen LogP contribution in [0.1, 0.15) is 70.2 Å². The van der Waals surface area contributed by atoms with E-state index in [-0.39, 0.29) is 17.1 Å². The Bertz CT molecular complexity index is 1580. The van der Waals surface area contributed by atoms with Gasteiger partial charge in [-0.3, -0.25) is 9.59 Å². The van der Waals surface area contributed by atoms with Crippen LogP contribution in [0.2, 0.25) is 0 Å². The Balaban J connectivity index is 1.29. The van der Waals surface area contributed by atoms with Gasteiger partial charge in [-0.25, -0.2) is 4.79 Å². The summed E-state index contributed by atoms with van der Waals surface area (Å²) in [4.78, 5) is 41.3. The van der Waals surface area contributed by atoms with E-state index in [9.17, 15) is 14.4 Å². The van der Waals surface area contributed by atoms with Gasteiger partial charge in [-0.15, -0.1) is 23.1 Å². The number of methoxy groups -OCH3 is 1. The van der Waals surface area contributed by atoms with Gasteiger partial charge in [-0.2, -0.15) is 0 Å². The molecule has 0 saturated carbocycles. The average Bonchev–Trinajstić information content (AvgIpc) is 3.30. The van der Waals surface area contributed by atoms with Crippen molar-refractivity contribution < 1.29 is 19.1 Å². The lowest BCUT2D eigenvalue weighted by Gasteiger charge is -2.16. The van der Waals surface area contributed by atoms with Crippen LogP contribution in [0.4, 0.5) is 10.7 Å². The maximum absolute atomic E-state index is 13.5. The molecule has 1 unspecified atom stereocenters. The minimum absolute atomic E-state index is 0.150. The number of carbonyl (C=O) groups excluding carboxylic acids is 3. The van der Waals surface area contributed by atoms with Gasteiger partial charge in [0.25, 0.3) is 5.91 Å². The van der Waals surface area contributed by atoms with E-state index in [4.69, 9.17) is 4.74 Å². The van der Waals surface area contributed by atoms with E-state index >= 15 is 0 Å². The number of aryl methyl sites for hydroxylation is 1. The zero-order valence-electron chi connectivity index (χ0n) is 23.3. The second kappa shape index (κ2) is 13.4. The minimum atomic E-state index is -0.395. The maximum Gasteiger partial charge on any atom is 0.341 e. The molecule has 1 aliphatic rings. The average molecular weight is 587 g/mol. The lowest BCUT2D eigenvalue weighted by atomic mass is 9.96. The molecule has 4 aromatic rings. The summed E-state index contributed by atoms with van der Waals surface area (Å²) >= 11 is 2.95. The van der Waals surface area contributed by atoms with Gasteiger partial charge in [-0.1, -0.05) is 56.2 Å². The fourth-order valence-electron chi connectivity index (χ4n) is 5.19. The molecule has 5 rings (SSSR count). The molecule has 0 radical (unpaired) electrons. The van der Waals surface area contributed by atoms with Crippen LogP contribution in [0.15, 0.2) is 71.6 Å². The van der Waals surface area contributed by atoms with Crippen LogP contribution in [0.5, 0.6) is 0 Å². The molecule has 0 bridgehead atoms. The molecule has 0 fully saturated rings. The van der Waals surface area contributed by atoms with E-state index in [0.29, 0.717) is 28.2 Å². The number of ether oxygens (including phenoxy) is 1. The predicted octanol–water partition coefficient (Wildman–Crippen LogP) is 8.11. The van der Waals surface area contributed by atoms with Crippen LogP contribution in [0.3, 0.4) is 0 Å². The van der Waals surface area contributed by atoms with Crippen LogP contribution >= 0.6 is 23.1 Å². The number of amides is 2. The van der Waals surface area contributed by atoms with Gasteiger partial charge in [0.1, 0.15) is 5.00 Å². The van der Waals surface area contributed by atoms with E-state index in [0.717, 1.165) is 53.3 Å². The number of anilines is 2. The Morgan fingerprint density at radius 2 is 1.68 bits per heavy atom. The Morgan fingerprint density at radius 3 is 2.46 bits per heavy atom. The molecule has 3 aromatic carbocycles. The summed E-state index contributed by atoms with van der Waals surface area (Å²) in [6.45, 7) is 1.97. The first-order valence-corrected chi connectivity index (χ1v) is 15.8. The quantitative estimate of drug-likeness (QED) is 0.161. The molecule has 1 atom stereocenters. The van der Waals surface area contributed by atoms with Gasteiger partial charge >= 0.3 is 5.97 Å². The number of fused-ring (bicyclic) bond motifs is 2. The number of carbonyl (C=O) groups is 3. The number of esters is 1. The monoisotopic (exact) mass is 586 g/mol. The standard InChI is InChI=1S/C33H34N2O4S2/c1-3-27(31(37)35-32-29(33(38)39-2)26-15-6-4-5-7-16-28(26)41-32)40-25-14-10-13-24(20-25)34-30(36)23-18-17-21-11-8-9-12-22(21)19-23/h8-14,17-20,27H,3-7,15-16H2,1-2H3,(H,34,36)(H,35,37). The van der Waals surface area contributed by atoms with Gasteiger partial charge in [0.2, 0.25) is 5.91 Å². The van der Waals surface area contributed by atoms with Gasteiger partial charge < -0.3 is 15.4 Å². The molecule has 0 saturated heterocycles. The second-order valence-electron chi connectivity index (χ2n) is 10.2. The number of hydrogen-bond donors (Lipinski definition) is 2. The molecular formula is C33H34N2O4S2. The minimum Gasteiger partial charge on any atom is -0.465 e. The van der Waals surface area contributed by atoms with Crippen LogP contribution in [0, 0.1) is 0 Å². The van der Waals surface area contributed by atoms with Crippen molar-refractivity contribution in [2.75, 3.05) is 17.7 Å². The molecule has 2 N–H and O–H groups in total. The molecule has 6 nitrogen and oxygen atoms in total. The van der Waals surface area contributed by atoms with Crippen molar-refractivity contribution in [2.24, 2.45) is 0 Å².